The first-order chi connectivity index (χ1) is 12.1. The van der Waals surface area contributed by atoms with Gasteiger partial charge < -0.3 is 15.4 Å². The molecule has 0 bridgehead atoms. The predicted octanol–water partition coefficient (Wildman–Crippen LogP) is 3.26. The van der Waals surface area contributed by atoms with Gasteiger partial charge in [0, 0.05) is 9.86 Å². The van der Waals surface area contributed by atoms with Gasteiger partial charge in [0.15, 0.2) is 5.82 Å². The average molecular weight is 400 g/mol. The molecule has 0 aliphatic heterocycles. The van der Waals surface area contributed by atoms with Crippen LogP contribution in [0.3, 0.4) is 0 Å². The van der Waals surface area contributed by atoms with E-state index in [2.05, 4.69) is 41.4 Å². The Bertz CT molecular complexity index is 1040. The molecule has 2 heterocycles. The van der Waals surface area contributed by atoms with Crippen molar-refractivity contribution < 1.29 is 9.90 Å². The number of anilines is 1. The first kappa shape index (κ1) is 15.8. The largest absolute Gasteiger partial charge is 0.385 e. The molecule has 2 aromatic heterocycles. The molecule has 126 valence electrons. The number of para-hydroxylation sites is 2. The Hall–Kier alpha value is -2.71. The fourth-order valence-electron chi connectivity index (χ4n) is 2.67. The third-order valence-electron chi connectivity index (χ3n) is 3.88. The maximum Gasteiger partial charge on any atom is 0.228 e. The van der Waals surface area contributed by atoms with Crippen molar-refractivity contribution in [3.8, 4) is 0 Å². The number of aliphatic hydroxyl groups excluding tert-OH is 1. The van der Waals surface area contributed by atoms with Gasteiger partial charge in [-0.05, 0) is 30.3 Å². The molecule has 0 fully saturated rings. The first-order valence-corrected chi connectivity index (χ1v) is 8.45. The van der Waals surface area contributed by atoms with E-state index in [1.165, 1.54) is 0 Å². The Balaban J connectivity index is 1.50. The van der Waals surface area contributed by atoms with Gasteiger partial charge in [0.05, 0.1) is 23.0 Å². The van der Waals surface area contributed by atoms with Gasteiger partial charge in [-0.15, -0.1) is 0 Å². The van der Waals surface area contributed by atoms with Crippen molar-refractivity contribution in [3.63, 3.8) is 0 Å². The minimum absolute atomic E-state index is 0.123. The summed E-state index contributed by atoms with van der Waals surface area (Å²) in [5.41, 5.74) is 2.39. The van der Waals surface area contributed by atoms with Gasteiger partial charge in [-0.2, -0.15) is 5.10 Å². The molecule has 0 radical (unpaired) electrons. The Morgan fingerprint density at radius 1 is 1.24 bits per heavy atom. The number of carbonyl (C=O) groups excluding carboxylic acids is 1. The molecule has 8 heteroatoms. The van der Waals surface area contributed by atoms with Crippen LogP contribution >= 0.6 is 15.9 Å². The lowest BCUT2D eigenvalue weighted by Gasteiger charge is -2.07. The number of aromatic amines is 2. The Morgan fingerprint density at radius 2 is 2.08 bits per heavy atom. The summed E-state index contributed by atoms with van der Waals surface area (Å²) in [5, 5.41) is 20.8. The van der Waals surface area contributed by atoms with Crippen LogP contribution in [0.2, 0.25) is 0 Å². The first-order valence-electron chi connectivity index (χ1n) is 7.66. The highest BCUT2D eigenvalue weighted by atomic mass is 79.9. The number of halogens is 1. The number of fused-ring (bicyclic) bond motifs is 2. The summed E-state index contributed by atoms with van der Waals surface area (Å²) < 4.78 is 0.888. The number of hydrogen-bond donors (Lipinski definition) is 4. The minimum atomic E-state index is -1.02. The molecule has 1 amide bonds. The summed E-state index contributed by atoms with van der Waals surface area (Å²) in [6.45, 7) is 0. The average Bonchev–Trinajstić information content (AvgIpc) is 3.19. The van der Waals surface area contributed by atoms with Gasteiger partial charge in [-0.3, -0.25) is 9.89 Å². The normalized spacial score (nSPS) is 12.6. The monoisotopic (exact) mass is 399 g/mol. The standard InChI is InChI=1S/C17H14BrN5O2/c18-9-5-6-11-10(7-9)16(23-22-11)21-15(25)8-14(24)17-19-12-3-1-2-4-13(12)20-17/h1-7,14,24H,8H2,(H,19,20)(H2,21,22,23,25). The molecular formula is C17H14BrN5O2. The third kappa shape index (κ3) is 3.13. The van der Waals surface area contributed by atoms with Crippen molar-refractivity contribution in [2.75, 3.05) is 5.32 Å². The molecule has 0 saturated carbocycles. The van der Waals surface area contributed by atoms with E-state index < -0.39 is 6.10 Å². The zero-order valence-electron chi connectivity index (χ0n) is 13.0. The lowest BCUT2D eigenvalue weighted by Crippen LogP contribution is -2.16. The number of amides is 1. The molecule has 4 aromatic rings. The quantitative estimate of drug-likeness (QED) is 0.422. The molecule has 1 atom stereocenters. The SMILES string of the molecule is O=C(CC(O)c1nc2ccccc2[nH]1)Nc1n[nH]c2ccc(Br)cc12. The van der Waals surface area contributed by atoms with Crippen LogP contribution < -0.4 is 5.32 Å². The zero-order chi connectivity index (χ0) is 17.4. The molecule has 0 spiro atoms. The lowest BCUT2D eigenvalue weighted by atomic mass is 10.2. The number of imidazole rings is 1. The Morgan fingerprint density at radius 3 is 2.92 bits per heavy atom. The van der Waals surface area contributed by atoms with Gasteiger partial charge in [0.2, 0.25) is 5.91 Å². The van der Waals surface area contributed by atoms with E-state index in [1.54, 1.807) is 0 Å². The summed E-state index contributed by atoms with van der Waals surface area (Å²) in [6.07, 6.45) is -1.15. The number of H-pyrrole nitrogens is 2. The second-order valence-corrected chi connectivity index (χ2v) is 6.59. The number of aliphatic hydroxyl groups is 1. The van der Waals surface area contributed by atoms with E-state index >= 15 is 0 Å². The smallest absolute Gasteiger partial charge is 0.228 e. The highest BCUT2D eigenvalue weighted by Crippen LogP contribution is 2.25. The maximum absolute atomic E-state index is 12.3. The third-order valence-corrected chi connectivity index (χ3v) is 4.38. The van der Waals surface area contributed by atoms with Crippen molar-refractivity contribution >= 4 is 49.6 Å². The molecule has 25 heavy (non-hydrogen) atoms. The van der Waals surface area contributed by atoms with Gasteiger partial charge in [-0.1, -0.05) is 28.1 Å². The molecule has 7 nitrogen and oxygen atoms in total. The summed E-state index contributed by atoms with van der Waals surface area (Å²) in [7, 11) is 0. The van der Waals surface area contributed by atoms with Gasteiger partial charge in [0.1, 0.15) is 11.9 Å². The van der Waals surface area contributed by atoms with E-state index in [-0.39, 0.29) is 12.3 Å². The number of aromatic nitrogens is 4. The molecular weight excluding hydrogens is 386 g/mol. The van der Waals surface area contributed by atoms with E-state index in [1.807, 2.05) is 42.5 Å². The summed E-state index contributed by atoms with van der Waals surface area (Å²) in [4.78, 5) is 19.6. The Labute approximate surface area is 150 Å². The van der Waals surface area contributed by atoms with Crippen LogP contribution in [0.25, 0.3) is 21.9 Å². The molecule has 0 saturated heterocycles. The number of carbonyl (C=O) groups is 1. The maximum atomic E-state index is 12.3. The number of nitrogens with one attached hydrogen (secondary N) is 3. The fraction of sp³-hybridized carbons (Fsp3) is 0.118. The highest BCUT2D eigenvalue weighted by molar-refractivity contribution is 9.10. The minimum Gasteiger partial charge on any atom is -0.385 e. The van der Waals surface area contributed by atoms with Crippen LogP contribution in [-0.2, 0) is 4.79 Å². The van der Waals surface area contributed by atoms with Crippen LogP contribution in [0.1, 0.15) is 18.3 Å². The number of rotatable bonds is 4. The topological polar surface area (TPSA) is 107 Å². The van der Waals surface area contributed by atoms with Gasteiger partial charge >= 0.3 is 0 Å². The van der Waals surface area contributed by atoms with E-state index in [9.17, 15) is 9.90 Å². The van der Waals surface area contributed by atoms with Crippen LogP contribution in [0.4, 0.5) is 5.82 Å². The summed E-state index contributed by atoms with van der Waals surface area (Å²) >= 11 is 3.40. The lowest BCUT2D eigenvalue weighted by molar-refractivity contribution is -0.118. The number of benzene rings is 2. The molecule has 0 aliphatic carbocycles. The highest BCUT2D eigenvalue weighted by Gasteiger charge is 2.18. The van der Waals surface area contributed by atoms with Crippen molar-refractivity contribution in [2.45, 2.75) is 12.5 Å². The predicted molar refractivity (Wildman–Crippen MR) is 98.1 cm³/mol. The second kappa shape index (κ2) is 6.30. The van der Waals surface area contributed by atoms with Crippen LogP contribution in [0, 0.1) is 0 Å². The Kier molecular flexibility index (Phi) is 3.98. The van der Waals surface area contributed by atoms with Gasteiger partial charge in [0.25, 0.3) is 0 Å². The fourth-order valence-corrected chi connectivity index (χ4v) is 3.03. The van der Waals surface area contributed by atoms with Crippen molar-refractivity contribution in [1.82, 2.24) is 20.2 Å². The number of nitrogens with zero attached hydrogens (tertiary/aromatic N) is 2. The molecule has 0 aliphatic rings. The zero-order valence-corrected chi connectivity index (χ0v) is 14.5. The molecule has 1 unspecified atom stereocenters. The van der Waals surface area contributed by atoms with E-state index in [4.69, 9.17) is 0 Å². The van der Waals surface area contributed by atoms with Crippen LogP contribution in [-0.4, -0.2) is 31.2 Å². The van der Waals surface area contributed by atoms with Crippen molar-refractivity contribution in [2.24, 2.45) is 0 Å². The van der Waals surface area contributed by atoms with E-state index in [0.717, 1.165) is 26.4 Å². The summed E-state index contributed by atoms with van der Waals surface area (Å²) in [5.74, 6) is 0.449. The van der Waals surface area contributed by atoms with E-state index in [0.29, 0.717) is 11.6 Å². The van der Waals surface area contributed by atoms with Crippen LogP contribution in [0.5, 0.6) is 0 Å². The van der Waals surface area contributed by atoms with Crippen molar-refractivity contribution in [3.05, 3.63) is 52.8 Å². The molecule has 4 rings (SSSR count). The second-order valence-electron chi connectivity index (χ2n) is 5.67. The summed E-state index contributed by atoms with van der Waals surface area (Å²) in [6, 6.07) is 13.1. The number of hydrogen-bond acceptors (Lipinski definition) is 4. The molecule has 4 N–H and O–H groups in total. The van der Waals surface area contributed by atoms with Crippen LogP contribution in [0.15, 0.2) is 46.9 Å². The van der Waals surface area contributed by atoms with Gasteiger partial charge in [-0.25, -0.2) is 4.98 Å². The van der Waals surface area contributed by atoms with Crippen molar-refractivity contribution in [1.29, 1.82) is 0 Å². The molecule has 2 aromatic carbocycles.